The van der Waals surface area contributed by atoms with E-state index < -0.39 is 11.9 Å². The van der Waals surface area contributed by atoms with Crippen molar-refractivity contribution in [2.24, 2.45) is 11.5 Å². The highest BCUT2D eigenvalue weighted by molar-refractivity contribution is 5.79. The quantitative estimate of drug-likeness (QED) is 0.606. The van der Waals surface area contributed by atoms with E-state index in [1.807, 2.05) is 19.1 Å². The van der Waals surface area contributed by atoms with Gasteiger partial charge in [-0.15, -0.1) is 0 Å². The first kappa shape index (κ1) is 10.7. The SMILES string of the molecule is C[C@@H](NCC(N)C(N)=O)c1ccco1. The third kappa shape index (κ3) is 2.86. The van der Waals surface area contributed by atoms with E-state index >= 15 is 0 Å². The number of hydrogen-bond acceptors (Lipinski definition) is 4. The molecule has 1 aromatic rings. The Labute approximate surface area is 82.4 Å². The molecule has 0 spiro atoms. The molecule has 0 aromatic carbocycles. The van der Waals surface area contributed by atoms with Crippen molar-refractivity contribution in [3.8, 4) is 0 Å². The van der Waals surface area contributed by atoms with E-state index in [0.717, 1.165) is 5.76 Å². The number of furan rings is 1. The lowest BCUT2D eigenvalue weighted by atomic mass is 10.2. The van der Waals surface area contributed by atoms with Gasteiger partial charge < -0.3 is 21.2 Å². The van der Waals surface area contributed by atoms with Crippen LogP contribution in [-0.4, -0.2) is 18.5 Å². The zero-order valence-electron chi connectivity index (χ0n) is 8.07. The Hall–Kier alpha value is -1.33. The molecule has 5 nitrogen and oxygen atoms in total. The van der Waals surface area contributed by atoms with Crippen LogP contribution in [0.4, 0.5) is 0 Å². The average molecular weight is 197 g/mol. The molecule has 1 amide bonds. The van der Waals surface area contributed by atoms with Crippen LogP contribution in [0.15, 0.2) is 22.8 Å². The second-order valence-corrected chi connectivity index (χ2v) is 3.15. The first-order valence-electron chi connectivity index (χ1n) is 4.43. The number of hydrogen-bond donors (Lipinski definition) is 3. The van der Waals surface area contributed by atoms with Gasteiger partial charge in [-0.1, -0.05) is 0 Å². The molecule has 1 unspecified atom stereocenters. The fourth-order valence-corrected chi connectivity index (χ4v) is 1.04. The fourth-order valence-electron chi connectivity index (χ4n) is 1.04. The number of nitrogens with two attached hydrogens (primary N) is 2. The van der Waals surface area contributed by atoms with Crippen LogP contribution < -0.4 is 16.8 Å². The molecule has 5 heteroatoms. The van der Waals surface area contributed by atoms with Crippen LogP contribution in [0.2, 0.25) is 0 Å². The van der Waals surface area contributed by atoms with Gasteiger partial charge in [0.2, 0.25) is 5.91 Å². The van der Waals surface area contributed by atoms with Gasteiger partial charge in [0.05, 0.1) is 18.3 Å². The summed E-state index contributed by atoms with van der Waals surface area (Å²) in [7, 11) is 0. The highest BCUT2D eigenvalue weighted by Crippen LogP contribution is 2.11. The van der Waals surface area contributed by atoms with Gasteiger partial charge in [0.25, 0.3) is 0 Å². The van der Waals surface area contributed by atoms with Gasteiger partial charge >= 0.3 is 0 Å². The average Bonchev–Trinajstić information content (AvgIpc) is 2.66. The summed E-state index contributed by atoms with van der Waals surface area (Å²) in [5.41, 5.74) is 10.5. The van der Waals surface area contributed by atoms with Crippen molar-refractivity contribution in [3.05, 3.63) is 24.2 Å². The largest absolute Gasteiger partial charge is 0.468 e. The molecule has 2 atom stereocenters. The summed E-state index contributed by atoms with van der Waals surface area (Å²) in [6.07, 6.45) is 1.60. The van der Waals surface area contributed by atoms with E-state index in [2.05, 4.69) is 5.32 Å². The van der Waals surface area contributed by atoms with Crippen molar-refractivity contribution in [3.63, 3.8) is 0 Å². The highest BCUT2D eigenvalue weighted by Gasteiger charge is 2.12. The number of carbonyl (C=O) groups is 1. The van der Waals surface area contributed by atoms with E-state index in [0.29, 0.717) is 6.54 Å². The van der Waals surface area contributed by atoms with Crippen LogP contribution in [0.3, 0.4) is 0 Å². The third-order valence-electron chi connectivity index (χ3n) is 1.98. The zero-order valence-corrected chi connectivity index (χ0v) is 8.07. The van der Waals surface area contributed by atoms with E-state index in [-0.39, 0.29) is 6.04 Å². The van der Waals surface area contributed by atoms with Crippen molar-refractivity contribution in [2.45, 2.75) is 19.0 Å². The van der Waals surface area contributed by atoms with Crippen LogP contribution in [-0.2, 0) is 4.79 Å². The molecule has 78 valence electrons. The fraction of sp³-hybridized carbons (Fsp3) is 0.444. The number of rotatable bonds is 5. The van der Waals surface area contributed by atoms with E-state index in [1.54, 1.807) is 6.26 Å². The second kappa shape index (κ2) is 4.78. The van der Waals surface area contributed by atoms with Gasteiger partial charge in [0.15, 0.2) is 0 Å². The predicted octanol–water partition coefficient (Wildman–Crippen LogP) is -0.257. The number of primary amides is 1. The topological polar surface area (TPSA) is 94.3 Å². The zero-order chi connectivity index (χ0) is 10.6. The molecule has 5 N–H and O–H groups in total. The van der Waals surface area contributed by atoms with E-state index in [4.69, 9.17) is 15.9 Å². The Balaban J connectivity index is 2.35. The minimum Gasteiger partial charge on any atom is -0.468 e. The maximum absolute atomic E-state index is 10.6. The summed E-state index contributed by atoms with van der Waals surface area (Å²) >= 11 is 0. The maximum atomic E-state index is 10.6. The van der Waals surface area contributed by atoms with Gasteiger partial charge in [-0.2, -0.15) is 0 Å². The molecule has 14 heavy (non-hydrogen) atoms. The molecule has 0 fully saturated rings. The molecule has 1 aromatic heterocycles. The molecule has 0 saturated carbocycles. The van der Waals surface area contributed by atoms with Crippen LogP contribution in [0.25, 0.3) is 0 Å². The number of nitrogens with one attached hydrogen (secondary N) is 1. The first-order chi connectivity index (χ1) is 6.61. The molecule has 0 bridgehead atoms. The van der Waals surface area contributed by atoms with Crippen molar-refractivity contribution < 1.29 is 9.21 Å². The van der Waals surface area contributed by atoms with E-state index in [1.165, 1.54) is 0 Å². The highest BCUT2D eigenvalue weighted by atomic mass is 16.3. The second-order valence-electron chi connectivity index (χ2n) is 3.15. The molecule has 0 saturated heterocycles. The molecule has 0 aliphatic carbocycles. The lowest BCUT2D eigenvalue weighted by Gasteiger charge is -2.13. The standard InChI is InChI=1S/C9H15N3O2/c1-6(8-3-2-4-14-8)12-5-7(10)9(11)13/h2-4,6-7,12H,5,10H2,1H3,(H2,11,13)/t6-,7?/m1/s1. The van der Waals surface area contributed by atoms with Gasteiger partial charge in [0.1, 0.15) is 5.76 Å². The third-order valence-corrected chi connectivity index (χ3v) is 1.98. The summed E-state index contributed by atoms with van der Waals surface area (Å²) in [5, 5.41) is 3.05. The monoisotopic (exact) mass is 197 g/mol. The van der Waals surface area contributed by atoms with Crippen LogP contribution >= 0.6 is 0 Å². The van der Waals surface area contributed by atoms with Gasteiger partial charge in [-0.05, 0) is 19.1 Å². The lowest BCUT2D eigenvalue weighted by Crippen LogP contribution is -2.44. The molecule has 0 radical (unpaired) electrons. The Kier molecular flexibility index (Phi) is 3.67. The molecule has 1 heterocycles. The molecule has 1 rings (SSSR count). The normalized spacial score (nSPS) is 15.0. The minimum atomic E-state index is -0.660. The Morgan fingerprint density at radius 1 is 1.71 bits per heavy atom. The Morgan fingerprint density at radius 3 is 2.93 bits per heavy atom. The summed E-state index contributed by atoms with van der Waals surface area (Å²) in [5.74, 6) is 0.297. The predicted molar refractivity (Wildman–Crippen MR) is 52.3 cm³/mol. The van der Waals surface area contributed by atoms with Gasteiger partial charge in [-0.3, -0.25) is 4.79 Å². The molecular formula is C9H15N3O2. The lowest BCUT2D eigenvalue weighted by molar-refractivity contribution is -0.119. The van der Waals surface area contributed by atoms with Gasteiger partial charge in [0, 0.05) is 6.54 Å². The van der Waals surface area contributed by atoms with Gasteiger partial charge in [-0.25, -0.2) is 0 Å². The van der Waals surface area contributed by atoms with Crippen molar-refractivity contribution in [2.75, 3.05) is 6.54 Å². The summed E-state index contributed by atoms with van der Waals surface area (Å²) in [6.45, 7) is 2.27. The first-order valence-corrected chi connectivity index (χ1v) is 4.43. The van der Waals surface area contributed by atoms with E-state index in [9.17, 15) is 4.79 Å². The Bertz CT molecular complexity index is 284. The summed E-state index contributed by atoms with van der Waals surface area (Å²) in [4.78, 5) is 10.6. The van der Waals surface area contributed by atoms with Crippen molar-refractivity contribution in [1.82, 2.24) is 5.32 Å². The Morgan fingerprint density at radius 2 is 2.43 bits per heavy atom. The van der Waals surface area contributed by atoms with Crippen LogP contribution in [0.1, 0.15) is 18.7 Å². The van der Waals surface area contributed by atoms with Crippen LogP contribution in [0, 0.1) is 0 Å². The summed E-state index contributed by atoms with van der Waals surface area (Å²) in [6, 6.07) is 3.03. The number of carbonyl (C=O) groups excluding carboxylic acids is 1. The smallest absolute Gasteiger partial charge is 0.235 e. The van der Waals surface area contributed by atoms with Crippen molar-refractivity contribution in [1.29, 1.82) is 0 Å². The number of amides is 1. The summed E-state index contributed by atoms with van der Waals surface area (Å²) < 4.78 is 5.17. The van der Waals surface area contributed by atoms with Crippen LogP contribution in [0.5, 0.6) is 0 Å². The molecule has 0 aliphatic rings. The maximum Gasteiger partial charge on any atom is 0.235 e. The molecular weight excluding hydrogens is 182 g/mol. The van der Waals surface area contributed by atoms with Crippen molar-refractivity contribution >= 4 is 5.91 Å². The minimum absolute atomic E-state index is 0.0235. The molecule has 0 aliphatic heterocycles.